The van der Waals surface area contributed by atoms with Gasteiger partial charge in [-0.25, -0.2) is 4.98 Å². The summed E-state index contributed by atoms with van der Waals surface area (Å²) in [5.41, 5.74) is 8.25. The van der Waals surface area contributed by atoms with Crippen molar-refractivity contribution >= 4 is 22.9 Å². The maximum atomic E-state index is 5.81. The summed E-state index contributed by atoms with van der Waals surface area (Å²) in [6.07, 6.45) is 9.40. The van der Waals surface area contributed by atoms with Crippen molar-refractivity contribution in [3.8, 4) is 0 Å². The second-order valence-corrected chi connectivity index (χ2v) is 7.63. The molecule has 2 fully saturated rings. The second kappa shape index (κ2) is 4.57. The van der Waals surface area contributed by atoms with E-state index < -0.39 is 0 Å². The van der Waals surface area contributed by atoms with Gasteiger partial charge in [0.2, 0.25) is 5.95 Å². The highest BCUT2D eigenvalue weighted by atomic mass is 15.1. The number of imidazole rings is 1. The highest BCUT2D eigenvalue weighted by Crippen LogP contribution is 2.61. The fourth-order valence-corrected chi connectivity index (χ4v) is 4.41. The first-order chi connectivity index (χ1) is 10.5. The Morgan fingerprint density at radius 1 is 1.27 bits per heavy atom. The predicted octanol–water partition coefficient (Wildman–Crippen LogP) is 3.10. The van der Waals surface area contributed by atoms with E-state index in [1.807, 2.05) is 0 Å². The maximum Gasteiger partial charge on any atom is 0.224 e. The molecule has 0 radical (unpaired) electrons. The van der Waals surface area contributed by atoms with Gasteiger partial charge in [-0.05, 0) is 42.9 Å². The minimum atomic E-state index is 0.275. The van der Waals surface area contributed by atoms with E-state index in [-0.39, 0.29) is 5.95 Å². The number of nitrogens with zero attached hydrogens (tertiary/aromatic N) is 3. The smallest absolute Gasteiger partial charge is 0.224 e. The normalized spacial score (nSPS) is 26.0. The van der Waals surface area contributed by atoms with Crippen molar-refractivity contribution in [2.45, 2.75) is 58.4 Å². The van der Waals surface area contributed by atoms with Crippen LogP contribution in [0.15, 0.2) is 6.33 Å². The fourth-order valence-electron chi connectivity index (χ4n) is 4.41. The van der Waals surface area contributed by atoms with Crippen LogP contribution in [0.4, 0.5) is 11.8 Å². The molecule has 4 rings (SSSR count). The van der Waals surface area contributed by atoms with Crippen LogP contribution in [0.5, 0.6) is 0 Å². The van der Waals surface area contributed by atoms with Crippen LogP contribution in [0.1, 0.15) is 52.4 Å². The number of aromatic amines is 1. The number of nitrogen functional groups attached to an aromatic ring is 1. The standard InChI is InChI=1S/C16H24N6/c1-15(2)7-4-10(8-16(15)5-3-6-16)20-13-11-12(19-9-18-11)21-14(17)22-13/h9-10H,3-8H2,1-2H3,(H4,17,18,19,20,21,22). The number of hydrogen-bond donors (Lipinski definition) is 3. The van der Waals surface area contributed by atoms with Crippen LogP contribution < -0.4 is 11.1 Å². The van der Waals surface area contributed by atoms with Crippen LogP contribution >= 0.6 is 0 Å². The molecule has 4 N–H and O–H groups in total. The quantitative estimate of drug-likeness (QED) is 0.792. The zero-order valence-electron chi connectivity index (χ0n) is 13.3. The lowest BCUT2D eigenvalue weighted by Crippen LogP contribution is -2.50. The van der Waals surface area contributed by atoms with Crippen LogP contribution in [0.2, 0.25) is 0 Å². The molecule has 0 bridgehead atoms. The van der Waals surface area contributed by atoms with E-state index in [9.17, 15) is 0 Å². The lowest BCUT2D eigenvalue weighted by Gasteiger charge is -2.58. The van der Waals surface area contributed by atoms with E-state index in [4.69, 9.17) is 5.73 Å². The van der Waals surface area contributed by atoms with E-state index in [1.54, 1.807) is 6.33 Å². The molecule has 6 nitrogen and oxygen atoms in total. The Hall–Kier alpha value is -1.85. The number of aromatic nitrogens is 4. The zero-order chi connectivity index (χ0) is 15.4. The Labute approximate surface area is 130 Å². The summed E-state index contributed by atoms with van der Waals surface area (Å²) in [5.74, 6) is 1.07. The predicted molar refractivity (Wildman–Crippen MR) is 87.4 cm³/mol. The monoisotopic (exact) mass is 300 g/mol. The van der Waals surface area contributed by atoms with Gasteiger partial charge in [-0.3, -0.25) is 0 Å². The first-order valence-electron chi connectivity index (χ1n) is 8.22. The lowest BCUT2D eigenvalue weighted by atomic mass is 9.48. The van der Waals surface area contributed by atoms with Gasteiger partial charge in [0, 0.05) is 6.04 Å². The molecule has 2 heterocycles. The summed E-state index contributed by atoms with van der Waals surface area (Å²) < 4.78 is 0. The van der Waals surface area contributed by atoms with Crippen molar-refractivity contribution in [1.82, 2.24) is 19.9 Å². The maximum absolute atomic E-state index is 5.81. The Morgan fingerprint density at radius 3 is 2.82 bits per heavy atom. The Bertz CT molecular complexity index is 700. The number of nitrogens with two attached hydrogens (primary N) is 1. The van der Waals surface area contributed by atoms with Gasteiger partial charge in [0.05, 0.1) is 6.33 Å². The number of anilines is 2. The van der Waals surface area contributed by atoms with Gasteiger partial charge in [0.1, 0.15) is 5.52 Å². The van der Waals surface area contributed by atoms with Crippen molar-refractivity contribution in [3.05, 3.63) is 6.33 Å². The van der Waals surface area contributed by atoms with Crippen LogP contribution in [-0.4, -0.2) is 26.0 Å². The van der Waals surface area contributed by atoms with Crippen LogP contribution in [-0.2, 0) is 0 Å². The third kappa shape index (κ3) is 1.96. The third-order valence-electron chi connectivity index (χ3n) is 6.15. The molecule has 22 heavy (non-hydrogen) atoms. The van der Waals surface area contributed by atoms with Gasteiger partial charge in [-0.1, -0.05) is 20.3 Å². The van der Waals surface area contributed by atoms with Crippen molar-refractivity contribution in [3.63, 3.8) is 0 Å². The van der Waals surface area contributed by atoms with Crippen LogP contribution in [0, 0.1) is 10.8 Å². The van der Waals surface area contributed by atoms with Gasteiger partial charge >= 0.3 is 0 Å². The summed E-state index contributed by atoms with van der Waals surface area (Å²) in [6, 6.07) is 0.453. The van der Waals surface area contributed by atoms with E-state index >= 15 is 0 Å². The van der Waals surface area contributed by atoms with Crippen molar-refractivity contribution in [1.29, 1.82) is 0 Å². The van der Waals surface area contributed by atoms with Gasteiger partial charge < -0.3 is 16.0 Å². The van der Waals surface area contributed by atoms with Gasteiger partial charge in [0.15, 0.2) is 11.5 Å². The van der Waals surface area contributed by atoms with E-state index in [1.165, 1.54) is 38.5 Å². The van der Waals surface area contributed by atoms with E-state index in [2.05, 4.69) is 39.1 Å². The Balaban J connectivity index is 1.60. The highest BCUT2D eigenvalue weighted by Gasteiger charge is 2.52. The summed E-state index contributed by atoms with van der Waals surface area (Å²) >= 11 is 0. The van der Waals surface area contributed by atoms with Gasteiger partial charge in [-0.2, -0.15) is 9.97 Å². The molecule has 0 saturated heterocycles. The van der Waals surface area contributed by atoms with Crippen molar-refractivity contribution in [2.24, 2.45) is 10.8 Å². The molecule has 0 aromatic carbocycles. The summed E-state index contributed by atoms with van der Waals surface area (Å²) in [4.78, 5) is 15.8. The summed E-state index contributed by atoms with van der Waals surface area (Å²) in [7, 11) is 0. The number of nitrogens with one attached hydrogen (secondary N) is 2. The average molecular weight is 300 g/mol. The SMILES string of the molecule is CC1(C)CCC(Nc2nc(N)nc3nc[nH]c23)CC12CCC2. The summed E-state index contributed by atoms with van der Waals surface area (Å²) in [5, 5.41) is 3.61. The molecule has 2 aliphatic carbocycles. The molecule has 2 aliphatic rings. The van der Waals surface area contributed by atoms with Crippen molar-refractivity contribution < 1.29 is 0 Å². The molecule has 0 aliphatic heterocycles. The van der Waals surface area contributed by atoms with E-state index in [0.29, 0.717) is 22.5 Å². The first kappa shape index (κ1) is 13.8. The molecular weight excluding hydrogens is 276 g/mol. The number of H-pyrrole nitrogens is 1. The van der Waals surface area contributed by atoms with Gasteiger partial charge in [0.25, 0.3) is 0 Å². The third-order valence-corrected chi connectivity index (χ3v) is 6.15. The molecule has 6 heteroatoms. The molecular formula is C16H24N6. The molecule has 2 aromatic rings. The van der Waals surface area contributed by atoms with Crippen molar-refractivity contribution in [2.75, 3.05) is 11.1 Å². The molecule has 0 amide bonds. The average Bonchev–Trinajstić information content (AvgIpc) is 2.86. The largest absolute Gasteiger partial charge is 0.368 e. The zero-order valence-corrected chi connectivity index (χ0v) is 13.3. The Kier molecular flexibility index (Phi) is 2.86. The van der Waals surface area contributed by atoms with Crippen LogP contribution in [0.25, 0.3) is 11.2 Å². The highest BCUT2D eigenvalue weighted by molar-refractivity contribution is 5.83. The minimum Gasteiger partial charge on any atom is -0.368 e. The summed E-state index contributed by atoms with van der Waals surface area (Å²) in [6.45, 7) is 4.89. The number of rotatable bonds is 2. The molecule has 118 valence electrons. The topological polar surface area (TPSA) is 92.5 Å². The molecule has 1 atom stereocenters. The Morgan fingerprint density at radius 2 is 2.09 bits per heavy atom. The molecule has 2 aromatic heterocycles. The molecule has 1 unspecified atom stereocenters. The lowest BCUT2D eigenvalue weighted by molar-refractivity contribution is -0.0586. The number of fused-ring (bicyclic) bond motifs is 1. The number of hydrogen-bond acceptors (Lipinski definition) is 5. The van der Waals surface area contributed by atoms with Crippen LogP contribution in [0.3, 0.4) is 0 Å². The molecule has 2 saturated carbocycles. The first-order valence-corrected chi connectivity index (χ1v) is 8.22. The van der Waals surface area contributed by atoms with E-state index in [0.717, 1.165) is 11.3 Å². The minimum absolute atomic E-state index is 0.275. The van der Waals surface area contributed by atoms with Gasteiger partial charge in [-0.15, -0.1) is 0 Å². The molecule has 1 spiro atoms. The fraction of sp³-hybridized carbons (Fsp3) is 0.688. The second-order valence-electron chi connectivity index (χ2n) is 7.63.